The van der Waals surface area contributed by atoms with Crippen molar-refractivity contribution in [1.82, 2.24) is 9.80 Å². The minimum absolute atomic E-state index is 0.0124. The van der Waals surface area contributed by atoms with Crippen LogP contribution in [-0.4, -0.2) is 60.3 Å². The molecule has 0 radical (unpaired) electrons. The Kier molecular flexibility index (Phi) is 5.03. The van der Waals surface area contributed by atoms with E-state index in [1.807, 2.05) is 0 Å². The molecule has 0 bridgehead atoms. The molecule has 1 aliphatic rings. The molecule has 6 nitrogen and oxygen atoms in total. The number of benzene rings is 1. The van der Waals surface area contributed by atoms with Crippen molar-refractivity contribution in [3.05, 3.63) is 39.9 Å². The number of hydrogen-bond donors (Lipinski definition) is 0. The van der Waals surface area contributed by atoms with Gasteiger partial charge in [0.2, 0.25) is 0 Å². The molecule has 0 unspecified atom stereocenters. The number of Topliss-reactive ketones (excluding diaryl/α,β-unsaturated/α-hetero) is 1. The maximum atomic E-state index is 12.2. The van der Waals surface area contributed by atoms with Crippen molar-refractivity contribution in [1.29, 1.82) is 0 Å². The predicted molar refractivity (Wildman–Crippen MR) is 80.6 cm³/mol. The van der Waals surface area contributed by atoms with Crippen LogP contribution in [0, 0.1) is 10.1 Å². The average molecular weight is 291 g/mol. The van der Waals surface area contributed by atoms with Gasteiger partial charge >= 0.3 is 0 Å². The Hall–Kier alpha value is -1.79. The summed E-state index contributed by atoms with van der Waals surface area (Å²) in [6, 6.07) is 6.42. The van der Waals surface area contributed by atoms with E-state index in [1.54, 1.807) is 0 Å². The van der Waals surface area contributed by atoms with Crippen LogP contribution >= 0.6 is 0 Å². The second kappa shape index (κ2) is 6.78. The molecule has 0 aliphatic carbocycles. The molecule has 0 N–H and O–H groups in total. The van der Waals surface area contributed by atoms with Crippen molar-refractivity contribution < 1.29 is 9.72 Å². The number of ketones is 1. The number of rotatable bonds is 5. The molecule has 0 spiro atoms. The molecule has 1 aromatic rings. The molecule has 1 saturated heterocycles. The van der Waals surface area contributed by atoms with E-state index in [-0.39, 0.29) is 11.5 Å². The standard InChI is InChI=1S/C15H21N3O3/c1-16(2)13-7-9-17(10-8-13)11-15(19)12-3-5-14(6-4-12)18(20)21/h3-6,13H,7-11H2,1-2H3. The van der Waals surface area contributed by atoms with Gasteiger partial charge in [-0.1, -0.05) is 0 Å². The Morgan fingerprint density at radius 1 is 1.29 bits per heavy atom. The fourth-order valence-corrected chi connectivity index (χ4v) is 2.66. The van der Waals surface area contributed by atoms with Crippen molar-refractivity contribution in [2.45, 2.75) is 18.9 Å². The number of piperidine rings is 1. The summed E-state index contributed by atoms with van der Waals surface area (Å²) in [4.78, 5) is 26.7. The Balaban J connectivity index is 1.89. The topological polar surface area (TPSA) is 66.7 Å². The number of carbonyl (C=O) groups is 1. The lowest BCUT2D eigenvalue weighted by Gasteiger charge is -2.34. The highest BCUT2D eigenvalue weighted by molar-refractivity contribution is 5.97. The molecule has 0 atom stereocenters. The molecule has 6 heteroatoms. The first-order valence-corrected chi connectivity index (χ1v) is 7.14. The molecule has 2 rings (SSSR count). The minimum atomic E-state index is -0.458. The first kappa shape index (κ1) is 15.6. The van der Waals surface area contributed by atoms with E-state index in [4.69, 9.17) is 0 Å². The number of carbonyl (C=O) groups excluding carboxylic acids is 1. The van der Waals surface area contributed by atoms with Gasteiger partial charge in [0, 0.05) is 36.8 Å². The highest BCUT2D eigenvalue weighted by atomic mass is 16.6. The number of nitrogens with zero attached hydrogens (tertiary/aromatic N) is 3. The monoisotopic (exact) mass is 291 g/mol. The van der Waals surface area contributed by atoms with E-state index in [0.29, 0.717) is 18.2 Å². The fraction of sp³-hybridized carbons (Fsp3) is 0.533. The molecule has 1 fully saturated rings. The fourth-order valence-electron chi connectivity index (χ4n) is 2.66. The van der Waals surface area contributed by atoms with E-state index in [0.717, 1.165) is 25.9 Å². The van der Waals surface area contributed by atoms with Crippen LogP contribution in [0.4, 0.5) is 5.69 Å². The van der Waals surface area contributed by atoms with Gasteiger partial charge in [-0.05, 0) is 39.1 Å². The normalized spacial score (nSPS) is 17.1. The Morgan fingerprint density at radius 3 is 2.33 bits per heavy atom. The van der Waals surface area contributed by atoms with Gasteiger partial charge in [0.25, 0.3) is 5.69 Å². The molecular weight excluding hydrogens is 270 g/mol. The lowest BCUT2D eigenvalue weighted by atomic mass is 10.0. The number of nitro groups is 1. The van der Waals surface area contributed by atoms with Gasteiger partial charge in [-0.15, -0.1) is 0 Å². The van der Waals surface area contributed by atoms with Crippen LogP contribution in [0.1, 0.15) is 23.2 Å². The third-order valence-electron chi connectivity index (χ3n) is 4.05. The van der Waals surface area contributed by atoms with Crippen LogP contribution in [0.2, 0.25) is 0 Å². The highest BCUT2D eigenvalue weighted by Crippen LogP contribution is 2.16. The summed E-state index contributed by atoms with van der Waals surface area (Å²) in [6.07, 6.45) is 2.14. The van der Waals surface area contributed by atoms with E-state index in [2.05, 4.69) is 23.9 Å². The second-order valence-electron chi connectivity index (χ2n) is 5.70. The molecule has 0 saturated carbocycles. The lowest BCUT2D eigenvalue weighted by Crippen LogP contribution is -2.43. The van der Waals surface area contributed by atoms with Crippen LogP contribution in [-0.2, 0) is 0 Å². The van der Waals surface area contributed by atoms with Crippen molar-refractivity contribution >= 4 is 11.5 Å². The van der Waals surface area contributed by atoms with Crippen LogP contribution < -0.4 is 0 Å². The van der Waals surface area contributed by atoms with E-state index in [9.17, 15) is 14.9 Å². The molecule has 21 heavy (non-hydrogen) atoms. The minimum Gasteiger partial charge on any atom is -0.306 e. The highest BCUT2D eigenvalue weighted by Gasteiger charge is 2.22. The molecule has 0 aromatic heterocycles. The number of nitro benzene ring substituents is 1. The predicted octanol–water partition coefficient (Wildman–Crippen LogP) is 1.80. The van der Waals surface area contributed by atoms with Gasteiger partial charge in [0.1, 0.15) is 0 Å². The van der Waals surface area contributed by atoms with E-state index >= 15 is 0 Å². The summed E-state index contributed by atoms with van der Waals surface area (Å²) in [6.45, 7) is 2.22. The zero-order chi connectivity index (χ0) is 15.4. The Bertz CT molecular complexity index is 505. The van der Waals surface area contributed by atoms with Gasteiger partial charge in [-0.2, -0.15) is 0 Å². The zero-order valence-corrected chi connectivity index (χ0v) is 12.5. The lowest BCUT2D eigenvalue weighted by molar-refractivity contribution is -0.384. The average Bonchev–Trinajstić information content (AvgIpc) is 2.47. The van der Waals surface area contributed by atoms with Gasteiger partial charge in [0.05, 0.1) is 11.5 Å². The van der Waals surface area contributed by atoms with Gasteiger partial charge in [-0.25, -0.2) is 0 Å². The third kappa shape index (κ3) is 4.09. The van der Waals surface area contributed by atoms with E-state index < -0.39 is 4.92 Å². The smallest absolute Gasteiger partial charge is 0.269 e. The SMILES string of the molecule is CN(C)C1CCN(CC(=O)c2ccc([N+](=O)[O-])cc2)CC1. The molecule has 114 valence electrons. The summed E-state index contributed by atoms with van der Waals surface area (Å²) in [5.41, 5.74) is 0.550. The van der Waals surface area contributed by atoms with Crippen LogP contribution in [0.3, 0.4) is 0 Å². The van der Waals surface area contributed by atoms with Crippen molar-refractivity contribution in [3.8, 4) is 0 Å². The molecule has 1 aliphatic heterocycles. The third-order valence-corrected chi connectivity index (χ3v) is 4.05. The molecule has 1 heterocycles. The summed E-state index contributed by atoms with van der Waals surface area (Å²) in [5.74, 6) is 0.0215. The van der Waals surface area contributed by atoms with Gasteiger partial charge in [0.15, 0.2) is 5.78 Å². The number of likely N-dealkylation sites (tertiary alicyclic amines) is 1. The van der Waals surface area contributed by atoms with Crippen molar-refractivity contribution in [2.75, 3.05) is 33.7 Å². The summed E-state index contributed by atoms with van der Waals surface area (Å²) < 4.78 is 0. The van der Waals surface area contributed by atoms with Crippen LogP contribution in [0.5, 0.6) is 0 Å². The number of non-ortho nitro benzene ring substituents is 1. The largest absolute Gasteiger partial charge is 0.306 e. The maximum absolute atomic E-state index is 12.2. The van der Waals surface area contributed by atoms with Crippen LogP contribution in [0.25, 0.3) is 0 Å². The van der Waals surface area contributed by atoms with Crippen molar-refractivity contribution in [2.24, 2.45) is 0 Å². The first-order chi connectivity index (χ1) is 9.97. The Labute approximate surface area is 124 Å². The molecular formula is C15H21N3O3. The van der Waals surface area contributed by atoms with Crippen LogP contribution in [0.15, 0.2) is 24.3 Å². The summed E-state index contributed by atoms with van der Waals surface area (Å²) >= 11 is 0. The maximum Gasteiger partial charge on any atom is 0.269 e. The summed E-state index contributed by atoms with van der Waals surface area (Å²) in [5, 5.41) is 10.6. The number of hydrogen-bond acceptors (Lipinski definition) is 5. The van der Waals surface area contributed by atoms with Gasteiger partial charge in [-0.3, -0.25) is 19.8 Å². The second-order valence-corrected chi connectivity index (χ2v) is 5.70. The molecule has 1 aromatic carbocycles. The zero-order valence-electron chi connectivity index (χ0n) is 12.5. The quantitative estimate of drug-likeness (QED) is 0.470. The molecule has 0 amide bonds. The van der Waals surface area contributed by atoms with E-state index in [1.165, 1.54) is 24.3 Å². The Morgan fingerprint density at radius 2 is 1.86 bits per heavy atom. The van der Waals surface area contributed by atoms with Crippen molar-refractivity contribution in [3.63, 3.8) is 0 Å². The first-order valence-electron chi connectivity index (χ1n) is 7.14. The summed E-state index contributed by atoms with van der Waals surface area (Å²) in [7, 11) is 4.17. The van der Waals surface area contributed by atoms with Gasteiger partial charge < -0.3 is 4.90 Å².